The number of rotatable bonds is 4. The third kappa shape index (κ3) is 2.86. The molecule has 0 spiro atoms. The highest BCUT2D eigenvalue weighted by molar-refractivity contribution is 5.91. The molecule has 0 saturated carbocycles. The van der Waals surface area contributed by atoms with Gasteiger partial charge < -0.3 is 20.1 Å². The zero-order valence-electron chi connectivity index (χ0n) is 10.1. The fourth-order valence-electron chi connectivity index (χ4n) is 1.63. The van der Waals surface area contributed by atoms with Gasteiger partial charge in [-0.25, -0.2) is 9.59 Å². The first-order valence-electron chi connectivity index (χ1n) is 5.55. The minimum atomic E-state index is -1.22. The fraction of sp³-hybridized carbons (Fsp3) is 0. The molecule has 20 heavy (non-hydrogen) atoms. The van der Waals surface area contributed by atoms with Crippen molar-refractivity contribution in [3.05, 3.63) is 53.6 Å². The Morgan fingerprint density at radius 3 is 2.30 bits per heavy atom. The quantitative estimate of drug-likeness (QED) is 0.791. The molecule has 102 valence electrons. The Morgan fingerprint density at radius 1 is 0.950 bits per heavy atom. The number of phenols is 1. The summed E-state index contributed by atoms with van der Waals surface area (Å²) >= 11 is 0. The van der Waals surface area contributed by atoms with Crippen LogP contribution in [0.25, 0.3) is 0 Å². The van der Waals surface area contributed by atoms with Crippen molar-refractivity contribution < 1.29 is 29.6 Å². The molecule has 0 heterocycles. The SMILES string of the molecule is O=C(O)c1cc(O)cc(Oc2ccccc2C(=O)O)c1. The normalized spacial score (nSPS) is 10.0. The van der Waals surface area contributed by atoms with Crippen LogP contribution in [0.15, 0.2) is 42.5 Å². The molecule has 0 unspecified atom stereocenters. The lowest BCUT2D eigenvalue weighted by Gasteiger charge is -2.09. The van der Waals surface area contributed by atoms with Gasteiger partial charge in [0.25, 0.3) is 0 Å². The van der Waals surface area contributed by atoms with Gasteiger partial charge in [-0.2, -0.15) is 0 Å². The van der Waals surface area contributed by atoms with Gasteiger partial charge in [-0.15, -0.1) is 0 Å². The first-order chi connectivity index (χ1) is 9.47. The maximum atomic E-state index is 11.0. The molecular weight excluding hydrogens is 264 g/mol. The molecule has 0 aliphatic carbocycles. The molecule has 0 aromatic heterocycles. The molecule has 0 atom stereocenters. The number of ether oxygens (including phenoxy) is 1. The summed E-state index contributed by atoms with van der Waals surface area (Å²) in [4.78, 5) is 21.9. The highest BCUT2D eigenvalue weighted by Gasteiger charge is 2.13. The summed E-state index contributed by atoms with van der Waals surface area (Å²) in [5.41, 5.74) is -0.222. The fourth-order valence-corrected chi connectivity index (χ4v) is 1.63. The van der Waals surface area contributed by atoms with Crippen LogP contribution in [0.2, 0.25) is 0 Å². The highest BCUT2D eigenvalue weighted by atomic mass is 16.5. The van der Waals surface area contributed by atoms with Gasteiger partial charge in [0, 0.05) is 6.07 Å². The van der Waals surface area contributed by atoms with E-state index in [1.54, 1.807) is 12.1 Å². The van der Waals surface area contributed by atoms with E-state index in [4.69, 9.17) is 14.9 Å². The van der Waals surface area contributed by atoms with Crippen LogP contribution in [0, 0.1) is 0 Å². The summed E-state index contributed by atoms with van der Waals surface area (Å²) in [6, 6.07) is 9.39. The largest absolute Gasteiger partial charge is 0.508 e. The first-order valence-corrected chi connectivity index (χ1v) is 5.55. The Kier molecular flexibility index (Phi) is 3.56. The molecule has 0 radical (unpaired) electrons. The van der Waals surface area contributed by atoms with Crippen LogP contribution < -0.4 is 4.74 Å². The van der Waals surface area contributed by atoms with Crippen molar-refractivity contribution in [3.63, 3.8) is 0 Å². The molecule has 2 rings (SSSR count). The predicted molar refractivity (Wildman–Crippen MR) is 68.5 cm³/mol. The Bertz CT molecular complexity index is 677. The van der Waals surface area contributed by atoms with Crippen molar-refractivity contribution in [3.8, 4) is 17.2 Å². The van der Waals surface area contributed by atoms with Gasteiger partial charge >= 0.3 is 11.9 Å². The van der Waals surface area contributed by atoms with Gasteiger partial charge in [0.15, 0.2) is 0 Å². The Hall–Kier alpha value is -3.02. The van der Waals surface area contributed by atoms with Crippen molar-refractivity contribution >= 4 is 11.9 Å². The average Bonchev–Trinajstić information content (AvgIpc) is 2.38. The molecule has 0 amide bonds. The molecule has 0 aliphatic heterocycles. The summed E-state index contributed by atoms with van der Waals surface area (Å²) in [7, 11) is 0. The third-order valence-electron chi connectivity index (χ3n) is 2.48. The van der Waals surface area contributed by atoms with Crippen molar-refractivity contribution in [2.24, 2.45) is 0 Å². The van der Waals surface area contributed by atoms with Gasteiger partial charge in [0.2, 0.25) is 0 Å². The number of aromatic hydroxyl groups is 1. The van der Waals surface area contributed by atoms with Crippen LogP contribution in [-0.2, 0) is 0 Å². The molecule has 3 N–H and O–H groups in total. The minimum absolute atomic E-state index is 0.0381. The molecule has 0 saturated heterocycles. The van der Waals surface area contributed by atoms with Crippen LogP contribution in [0.5, 0.6) is 17.2 Å². The van der Waals surface area contributed by atoms with Crippen LogP contribution >= 0.6 is 0 Å². The molecule has 0 aliphatic rings. The standard InChI is InChI=1S/C14H10O6/c15-9-5-8(13(16)17)6-10(7-9)20-12-4-2-1-3-11(12)14(18)19/h1-7,15H,(H,16,17)(H,18,19). The summed E-state index contributed by atoms with van der Waals surface area (Å²) in [6.07, 6.45) is 0. The second kappa shape index (κ2) is 5.31. The van der Waals surface area contributed by atoms with Gasteiger partial charge in [-0.05, 0) is 24.3 Å². The van der Waals surface area contributed by atoms with E-state index in [2.05, 4.69) is 0 Å². The summed E-state index contributed by atoms with van der Waals surface area (Å²) in [5.74, 6) is -2.58. The van der Waals surface area contributed by atoms with E-state index in [-0.39, 0.29) is 28.4 Å². The average molecular weight is 274 g/mol. The summed E-state index contributed by atoms with van der Waals surface area (Å²) < 4.78 is 5.34. The molecular formula is C14H10O6. The molecule has 0 fully saturated rings. The topological polar surface area (TPSA) is 104 Å². The lowest BCUT2D eigenvalue weighted by molar-refractivity contribution is 0.0683. The second-order valence-corrected chi connectivity index (χ2v) is 3.92. The molecule has 6 nitrogen and oxygen atoms in total. The van der Waals surface area contributed by atoms with Crippen LogP contribution in [0.4, 0.5) is 0 Å². The van der Waals surface area contributed by atoms with Crippen molar-refractivity contribution in [2.45, 2.75) is 0 Å². The van der Waals surface area contributed by atoms with Gasteiger partial charge in [0.1, 0.15) is 22.8 Å². The number of benzene rings is 2. The Labute approximate surface area is 113 Å². The molecule has 2 aromatic carbocycles. The highest BCUT2D eigenvalue weighted by Crippen LogP contribution is 2.29. The van der Waals surface area contributed by atoms with Crippen molar-refractivity contribution in [1.82, 2.24) is 0 Å². The van der Waals surface area contributed by atoms with E-state index in [0.717, 1.165) is 6.07 Å². The maximum Gasteiger partial charge on any atom is 0.339 e. The van der Waals surface area contributed by atoms with E-state index in [1.807, 2.05) is 0 Å². The first kappa shape index (κ1) is 13.4. The number of phenolic OH excluding ortho intramolecular Hbond substituents is 1. The van der Waals surface area contributed by atoms with E-state index < -0.39 is 11.9 Å². The second-order valence-electron chi connectivity index (χ2n) is 3.92. The molecule has 0 bridgehead atoms. The number of aromatic carboxylic acids is 2. The molecule has 6 heteroatoms. The maximum absolute atomic E-state index is 11.0. The van der Waals surface area contributed by atoms with Gasteiger partial charge in [-0.1, -0.05) is 12.1 Å². The van der Waals surface area contributed by atoms with Crippen molar-refractivity contribution in [2.75, 3.05) is 0 Å². The zero-order valence-corrected chi connectivity index (χ0v) is 10.1. The number of carbonyl (C=O) groups is 2. The van der Waals surface area contributed by atoms with E-state index in [0.29, 0.717) is 0 Å². The van der Waals surface area contributed by atoms with Crippen LogP contribution in [-0.4, -0.2) is 27.3 Å². The number of para-hydroxylation sites is 1. The van der Waals surface area contributed by atoms with Crippen LogP contribution in [0.3, 0.4) is 0 Å². The number of hydrogen-bond donors (Lipinski definition) is 3. The monoisotopic (exact) mass is 274 g/mol. The predicted octanol–water partition coefficient (Wildman–Crippen LogP) is 2.58. The smallest absolute Gasteiger partial charge is 0.339 e. The van der Waals surface area contributed by atoms with Crippen LogP contribution in [0.1, 0.15) is 20.7 Å². The van der Waals surface area contributed by atoms with E-state index in [1.165, 1.54) is 24.3 Å². The lowest BCUT2D eigenvalue weighted by Crippen LogP contribution is -2.00. The van der Waals surface area contributed by atoms with E-state index >= 15 is 0 Å². The van der Waals surface area contributed by atoms with Crippen molar-refractivity contribution in [1.29, 1.82) is 0 Å². The molecule has 2 aromatic rings. The minimum Gasteiger partial charge on any atom is -0.508 e. The zero-order chi connectivity index (χ0) is 14.7. The summed E-state index contributed by atoms with van der Waals surface area (Å²) in [6.45, 7) is 0. The number of carboxylic acid groups (broad SMARTS) is 2. The Balaban J connectivity index is 2.40. The number of carboxylic acids is 2. The third-order valence-corrected chi connectivity index (χ3v) is 2.48. The number of hydrogen-bond acceptors (Lipinski definition) is 4. The Morgan fingerprint density at radius 2 is 1.65 bits per heavy atom. The lowest BCUT2D eigenvalue weighted by atomic mass is 10.2. The van der Waals surface area contributed by atoms with Gasteiger partial charge in [0.05, 0.1) is 5.56 Å². The van der Waals surface area contributed by atoms with E-state index in [9.17, 15) is 14.7 Å². The van der Waals surface area contributed by atoms with Gasteiger partial charge in [-0.3, -0.25) is 0 Å². The summed E-state index contributed by atoms with van der Waals surface area (Å²) in [5, 5.41) is 27.3.